The zero-order chi connectivity index (χ0) is 25.1. The molecule has 0 bridgehead atoms. The van der Waals surface area contributed by atoms with Crippen molar-refractivity contribution in [3.05, 3.63) is 82.7 Å². The second kappa shape index (κ2) is 10.0. The molecular formula is C27H27FN2O5. The van der Waals surface area contributed by atoms with Gasteiger partial charge in [-0.2, -0.15) is 0 Å². The summed E-state index contributed by atoms with van der Waals surface area (Å²) in [4.78, 5) is 28.1. The van der Waals surface area contributed by atoms with Gasteiger partial charge in [-0.05, 0) is 53.9 Å². The summed E-state index contributed by atoms with van der Waals surface area (Å²) in [5, 5.41) is 2.75. The van der Waals surface area contributed by atoms with Crippen molar-refractivity contribution in [2.75, 3.05) is 26.6 Å². The first-order valence-corrected chi connectivity index (χ1v) is 11.1. The van der Waals surface area contributed by atoms with E-state index in [1.165, 1.54) is 27.4 Å². The summed E-state index contributed by atoms with van der Waals surface area (Å²) >= 11 is 0. The van der Waals surface area contributed by atoms with E-state index in [9.17, 15) is 14.0 Å². The Bertz CT molecular complexity index is 1250. The zero-order valence-electron chi connectivity index (χ0n) is 20.1. The van der Waals surface area contributed by atoms with Gasteiger partial charge in [0, 0.05) is 17.8 Å². The number of nitrogens with zero attached hydrogens (tertiary/aromatic N) is 1. The van der Waals surface area contributed by atoms with Gasteiger partial charge in [-0.15, -0.1) is 0 Å². The van der Waals surface area contributed by atoms with Crippen molar-refractivity contribution in [3.8, 4) is 17.2 Å². The van der Waals surface area contributed by atoms with Crippen LogP contribution < -0.4 is 19.5 Å². The van der Waals surface area contributed by atoms with Gasteiger partial charge in [-0.25, -0.2) is 4.39 Å². The molecule has 1 heterocycles. The highest BCUT2D eigenvalue weighted by molar-refractivity contribution is 5.99. The number of nitrogens with one attached hydrogen (secondary N) is 1. The van der Waals surface area contributed by atoms with E-state index in [0.29, 0.717) is 46.2 Å². The molecule has 1 atom stereocenters. The van der Waals surface area contributed by atoms with Crippen LogP contribution in [0.1, 0.15) is 39.5 Å². The quantitative estimate of drug-likeness (QED) is 0.499. The number of carbonyl (C=O) groups is 2. The molecule has 0 radical (unpaired) electrons. The summed E-state index contributed by atoms with van der Waals surface area (Å²) in [6, 6.07) is 14.7. The molecule has 2 amide bonds. The normalized spacial score (nSPS) is 13.3. The topological polar surface area (TPSA) is 77.1 Å². The fraction of sp³-hybridized carbons (Fsp3) is 0.259. The summed E-state index contributed by atoms with van der Waals surface area (Å²) in [6.07, 6.45) is -0.0616. The molecule has 0 unspecified atom stereocenters. The minimum atomic E-state index is -0.640. The Morgan fingerprint density at radius 2 is 1.71 bits per heavy atom. The molecule has 0 saturated carbocycles. The summed E-state index contributed by atoms with van der Waals surface area (Å²) in [5.74, 6) is 0.292. The van der Waals surface area contributed by atoms with Crippen LogP contribution in [0.15, 0.2) is 54.6 Å². The number of anilines is 1. The fourth-order valence-electron chi connectivity index (χ4n) is 4.29. The molecule has 1 aliphatic heterocycles. The Balaban J connectivity index is 1.71. The van der Waals surface area contributed by atoms with Crippen molar-refractivity contribution < 1.29 is 28.2 Å². The molecule has 0 spiro atoms. The molecule has 182 valence electrons. The van der Waals surface area contributed by atoms with E-state index >= 15 is 0 Å². The van der Waals surface area contributed by atoms with Crippen LogP contribution in [0, 0.1) is 12.7 Å². The van der Waals surface area contributed by atoms with Crippen molar-refractivity contribution in [1.82, 2.24) is 4.90 Å². The maximum atomic E-state index is 14.0. The number of carbonyl (C=O) groups excluding carboxylic acids is 2. The lowest BCUT2D eigenvalue weighted by atomic mass is 10.00. The number of methoxy groups -OCH3 is 3. The van der Waals surface area contributed by atoms with E-state index in [0.717, 1.165) is 5.56 Å². The molecule has 8 heteroatoms. The average molecular weight is 479 g/mol. The molecule has 7 nitrogen and oxygen atoms in total. The second-order valence-electron chi connectivity index (χ2n) is 8.28. The fourth-order valence-corrected chi connectivity index (χ4v) is 4.29. The molecule has 0 aliphatic carbocycles. The van der Waals surface area contributed by atoms with Crippen molar-refractivity contribution >= 4 is 17.5 Å². The predicted molar refractivity (Wildman–Crippen MR) is 130 cm³/mol. The average Bonchev–Trinajstić information content (AvgIpc) is 3.20. The number of benzene rings is 3. The van der Waals surface area contributed by atoms with E-state index in [1.54, 1.807) is 42.2 Å². The van der Waals surface area contributed by atoms with Crippen LogP contribution in [0.5, 0.6) is 17.2 Å². The minimum Gasteiger partial charge on any atom is -0.493 e. The maximum Gasteiger partial charge on any atom is 0.255 e. The summed E-state index contributed by atoms with van der Waals surface area (Å²) in [5.41, 5.74) is 2.96. The Morgan fingerprint density at radius 1 is 1.03 bits per heavy atom. The molecule has 4 rings (SSSR count). The van der Waals surface area contributed by atoms with Crippen molar-refractivity contribution in [2.24, 2.45) is 0 Å². The number of aryl methyl sites for hydroxylation is 1. The monoisotopic (exact) mass is 478 g/mol. The van der Waals surface area contributed by atoms with Gasteiger partial charge < -0.3 is 24.4 Å². The third-order valence-corrected chi connectivity index (χ3v) is 6.13. The lowest BCUT2D eigenvalue weighted by Crippen LogP contribution is -2.32. The van der Waals surface area contributed by atoms with Gasteiger partial charge in [0.1, 0.15) is 5.82 Å². The largest absolute Gasteiger partial charge is 0.493 e. The standard InChI is InChI=1S/C27H27FN2O5/c1-16-9-10-19(13-21(16)28)29-25(31)14-22(30-15-17-7-5-6-8-20(17)27(30)32)18-11-23(33-2)26(35-4)24(12-18)34-3/h5-13,22H,14-15H2,1-4H3,(H,29,31)/t22-/m1/s1. The molecule has 1 N–H and O–H groups in total. The van der Waals surface area contributed by atoms with Gasteiger partial charge in [-0.3, -0.25) is 9.59 Å². The smallest absolute Gasteiger partial charge is 0.255 e. The minimum absolute atomic E-state index is 0.0616. The SMILES string of the molecule is COc1cc([C@@H](CC(=O)Nc2ccc(C)c(F)c2)N2Cc3ccccc3C2=O)cc(OC)c1OC. The number of hydrogen-bond acceptors (Lipinski definition) is 5. The number of halogens is 1. The van der Waals surface area contributed by atoms with E-state index < -0.39 is 11.9 Å². The van der Waals surface area contributed by atoms with Gasteiger partial charge in [0.05, 0.1) is 33.8 Å². The van der Waals surface area contributed by atoms with Crippen LogP contribution in [0.2, 0.25) is 0 Å². The van der Waals surface area contributed by atoms with Gasteiger partial charge >= 0.3 is 0 Å². The highest BCUT2D eigenvalue weighted by atomic mass is 19.1. The highest BCUT2D eigenvalue weighted by Crippen LogP contribution is 2.43. The molecule has 3 aromatic carbocycles. The zero-order valence-corrected chi connectivity index (χ0v) is 20.1. The number of rotatable bonds is 8. The Hall–Kier alpha value is -4.07. The number of hydrogen-bond donors (Lipinski definition) is 1. The van der Waals surface area contributed by atoms with Crippen molar-refractivity contribution in [2.45, 2.75) is 25.9 Å². The second-order valence-corrected chi connectivity index (χ2v) is 8.28. The van der Waals surface area contributed by atoms with Gasteiger partial charge in [-0.1, -0.05) is 24.3 Å². The van der Waals surface area contributed by atoms with Gasteiger partial charge in [0.25, 0.3) is 5.91 Å². The van der Waals surface area contributed by atoms with Crippen LogP contribution >= 0.6 is 0 Å². The van der Waals surface area contributed by atoms with Crippen LogP contribution in [0.25, 0.3) is 0 Å². The first-order valence-electron chi connectivity index (χ1n) is 11.1. The van der Waals surface area contributed by atoms with Gasteiger partial charge in [0.15, 0.2) is 11.5 Å². The van der Waals surface area contributed by atoms with E-state index in [-0.39, 0.29) is 18.2 Å². The van der Waals surface area contributed by atoms with Crippen LogP contribution in [0.4, 0.5) is 10.1 Å². The summed E-state index contributed by atoms with van der Waals surface area (Å²) in [6.45, 7) is 2.00. The maximum absolute atomic E-state index is 14.0. The lowest BCUT2D eigenvalue weighted by Gasteiger charge is -2.29. The number of fused-ring (bicyclic) bond motifs is 1. The van der Waals surface area contributed by atoms with Crippen molar-refractivity contribution in [1.29, 1.82) is 0 Å². The molecule has 0 fully saturated rings. The summed E-state index contributed by atoms with van der Waals surface area (Å²) in [7, 11) is 4.52. The first-order chi connectivity index (χ1) is 16.9. The molecular weight excluding hydrogens is 451 g/mol. The molecule has 3 aromatic rings. The Morgan fingerprint density at radius 3 is 2.31 bits per heavy atom. The Kier molecular flexibility index (Phi) is 6.91. The Labute approximate surface area is 203 Å². The third-order valence-electron chi connectivity index (χ3n) is 6.13. The molecule has 1 aliphatic rings. The predicted octanol–water partition coefficient (Wildman–Crippen LogP) is 4.89. The first kappa shape index (κ1) is 24.1. The highest BCUT2D eigenvalue weighted by Gasteiger charge is 2.35. The number of ether oxygens (including phenoxy) is 3. The van der Waals surface area contributed by atoms with E-state index in [2.05, 4.69) is 5.32 Å². The molecule has 0 aromatic heterocycles. The van der Waals surface area contributed by atoms with E-state index in [1.807, 2.05) is 18.2 Å². The van der Waals surface area contributed by atoms with Crippen LogP contribution in [-0.4, -0.2) is 38.0 Å². The third kappa shape index (κ3) is 4.77. The van der Waals surface area contributed by atoms with Crippen LogP contribution in [-0.2, 0) is 11.3 Å². The number of amides is 2. The molecule has 0 saturated heterocycles. The van der Waals surface area contributed by atoms with Gasteiger partial charge in [0.2, 0.25) is 11.7 Å². The van der Waals surface area contributed by atoms with Crippen molar-refractivity contribution in [3.63, 3.8) is 0 Å². The van der Waals surface area contributed by atoms with E-state index in [4.69, 9.17) is 14.2 Å². The molecule has 35 heavy (non-hydrogen) atoms. The lowest BCUT2D eigenvalue weighted by molar-refractivity contribution is -0.117. The van der Waals surface area contributed by atoms with Crippen LogP contribution in [0.3, 0.4) is 0 Å². The summed E-state index contributed by atoms with van der Waals surface area (Å²) < 4.78 is 30.4.